The highest BCUT2D eigenvalue weighted by molar-refractivity contribution is 7.90. The maximum atomic E-state index is 13.6. The van der Waals surface area contributed by atoms with Gasteiger partial charge in [0.1, 0.15) is 0 Å². The summed E-state index contributed by atoms with van der Waals surface area (Å²) in [6, 6.07) is 14.3. The van der Waals surface area contributed by atoms with Gasteiger partial charge in [0.2, 0.25) is 0 Å². The van der Waals surface area contributed by atoms with Crippen molar-refractivity contribution in [3.05, 3.63) is 83.2 Å². The second-order valence-corrected chi connectivity index (χ2v) is 10.5. The third-order valence-electron chi connectivity index (χ3n) is 4.94. The van der Waals surface area contributed by atoms with Gasteiger partial charge in [-0.15, -0.1) is 0 Å². The summed E-state index contributed by atoms with van der Waals surface area (Å²) in [5.41, 5.74) is 4.01. The average Bonchev–Trinajstić information content (AvgIpc) is 3.16. The van der Waals surface area contributed by atoms with Gasteiger partial charge in [0.05, 0.1) is 21.7 Å². The van der Waals surface area contributed by atoms with E-state index in [4.69, 9.17) is 0 Å². The van der Waals surface area contributed by atoms with Crippen LogP contribution in [0, 0.1) is 13.8 Å². The van der Waals surface area contributed by atoms with E-state index < -0.39 is 9.84 Å². The highest BCUT2D eigenvalue weighted by Gasteiger charge is 2.24. The van der Waals surface area contributed by atoms with E-state index in [1.807, 2.05) is 44.2 Å². The number of benzene rings is 2. The maximum absolute atomic E-state index is 13.6. The molecule has 0 unspecified atom stereocenters. The van der Waals surface area contributed by atoms with Crippen molar-refractivity contribution in [3.63, 3.8) is 0 Å². The molecule has 0 N–H and O–H groups in total. The van der Waals surface area contributed by atoms with Crippen molar-refractivity contribution in [2.75, 3.05) is 11.2 Å². The Morgan fingerprint density at radius 1 is 1.10 bits per heavy atom. The minimum absolute atomic E-state index is 0.160. The quantitative estimate of drug-likeness (QED) is 0.444. The molecule has 0 fully saturated rings. The molecule has 0 radical (unpaired) electrons. The Labute approximate surface area is 185 Å². The molecular weight excluding hydrogens is 430 g/mol. The van der Waals surface area contributed by atoms with Crippen molar-refractivity contribution >= 4 is 42.4 Å². The number of fused-ring (bicyclic) bond motifs is 1. The van der Waals surface area contributed by atoms with E-state index in [9.17, 15) is 13.2 Å². The third-order valence-corrected chi connectivity index (χ3v) is 7.09. The molecule has 2 aromatic heterocycles. The summed E-state index contributed by atoms with van der Waals surface area (Å²) in [5, 5.41) is 0.510. The zero-order valence-electron chi connectivity index (χ0n) is 17.4. The molecule has 0 bridgehead atoms. The van der Waals surface area contributed by atoms with Gasteiger partial charge in [-0.2, -0.15) is 0 Å². The molecule has 0 saturated heterocycles. The van der Waals surface area contributed by atoms with Gasteiger partial charge in [-0.3, -0.25) is 14.7 Å². The summed E-state index contributed by atoms with van der Waals surface area (Å²) >= 11 is 1.30. The van der Waals surface area contributed by atoms with E-state index in [0.29, 0.717) is 27.5 Å². The van der Waals surface area contributed by atoms with E-state index in [-0.39, 0.29) is 10.8 Å². The van der Waals surface area contributed by atoms with Gasteiger partial charge in [0.25, 0.3) is 5.91 Å². The number of hydrogen-bond acceptors (Lipinski definition) is 6. The summed E-state index contributed by atoms with van der Waals surface area (Å²) in [6.45, 7) is 4.16. The van der Waals surface area contributed by atoms with Crippen molar-refractivity contribution < 1.29 is 13.2 Å². The van der Waals surface area contributed by atoms with Crippen LogP contribution in [0.4, 0.5) is 5.13 Å². The predicted molar refractivity (Wildman–Crippen MR) is 123 cm³/mol. The fourth-order valence-corrected chi connectivity index (χ4v) is 4.98. The molecule has 8 heteroatoms. The standard InChI is InChI=1S/C23H21N3O3S2/c1-15-6-7-16(2)19(11-15)22(27)26(14-17-5-4-10-24-13-17)23-25-20-9-8-18(31(3,28)29)12-21(20)30-23/h4-13H,14H2,1-3H3. The predicted octanol–water partition coefficient (Wildman–Crippen LogP) is 4.56. The number of carbonyl (C=O) groups excluding carboxylic acids is 1. The molecule has 0 saturated carbocycles. The largest absolute Gasteiger partial charge is 0.279 e. The fourth-order valence-electron chi connectivity index (χ4n) is 3.25. The molecule has 0 aliphatic heterocycles. The van der Waals surface area contributed by atoms with Gasteiger partial charge in [0.15, 0.2) is 15.0 Å². The lowest BCUT2D eigenvalue weighted by atomic mass is 10.0. The third kappa shape index (κ3) is 4.50. The molecule has 0 aliphatic carbocycles. The molecule has 0 spiro atoms. The monoisotopic (exact) mass is 451 g/mol. The van der Waals surface area contributed by atoms with Crippen molar-refractivity contribution in [2.45, 2.75) is 25.3 Å². The lowest BCUT2D eigenvalue weighted by molar-refractivity contribution is 0.0984. The molecular formula is C23H21N3O3S2. The van der Waals surface area contributed by atoms with Crippen LogP contribution in [0.5, 0.6) is 0 Å². The first-order chi connectivity index (χ1) is 14.7. The number of thiazole rings is 1. The zero-order valence-corrected chi connectivity index (χ0v) is 19.0. The topological polar surface area (TPSA) is 80.2 Å². The van der Waals surface area contributed by atoms with Crippen LogP contribution >= 0.6 is 11.3 Å². The smallest absolute Gasteiger partial charge is 0.260 e. The van der Waals surface area contributed by atoms with Crippen LogP contribution in [0.1, 0.15) is 27.0 Å². The Hall–Kier alpha value is -3.10. The molecule has 0 aliphatic rings. The summed E-state index contributed by atoms with van der Waals surface area (Å²) in [4.78, 5) is 24.3. The van der Waals surface area contributed by atoms with Crippen molar-refractivity contribution in [1.29, 1.82) is 0 Å². The molecule has 4 rings (SSSR count). The van der Waals surface area contributed by atoms with Crippen molar-refractivity contribution in [3.8, 4) is 0 Å². The number of nitrogens with zero attached hydrogens (tertiary/aromatic N) is 3. The molecule has 4 aromatic rings. The van der Waals surface area contributed by atoms with Crippen molar-refractivity contribution in [1.82, 2.24) is 9.97 Å². The van der Waals surface area contributed by atoms with Gasteiger partial charge in [-0.05, 0) is 55.3 Å². The van der Waals surface area contributed by atoms with Gasteiger partial charge in [-0.25, -0.2) is 13.4 Å². The second kappa shape index (κ2) is 8.20. The minimum atomic E-state index is -3.33. The van der Waals surface area contributed by atoms with Gasteiger partial charge < -0.3 is 0 Å². The number of rotatable bonds is 5. The number of carbonyl (C=O) groups is 1. The molecule has 1 amide bonds. The minimum Gasteiger partial charge on any atom is -0.279 e. The van der Waals surface area contributed by atoms with Crippen LogP contribution in [-0.2, 0) is 16.4 Å². The first-order valence-corrected chi connectivity index (χ1v) is 12.3. The van der Waals surface area contributed by atoms with Gasteiger partial charge in [0, 0.05) is 24.2 Å². The van der Waals surface area contributed by atoms with Crippen LogP contribution in [0.3, 0.4) is 0 Å². The van der Waals surface area contributed by atoms with Crippen LogP contribution in [0.2, 0.25) is 0 Å². The summed E-state index contributed by atoms with van der Waals surface area (Å²) in [7, 11) is -3.33. The van der Waals surface area contributed by atoms with Crippen LogP contribution in [-0.4, -0.2) is 30.5 Å². The number of aryl methyl sites for hydroxylation is 2. The van der Waals surface area contributed by atoms with Crippen LogP contribution < -0.4 is 4.90 Å². The normalized spacial score (nSPS) is 11.6. The highest BCUT2D eigenvalue weighted by atomic mass is 32.2. The highest BCUT2D eigenvalue weighted by Crippen LogP contribution is 2.32. The molecule has 158 valence electrons. The summed E-state index contributed by atoms with van der Waals surface area (Å²) in [5.74, 6) is -0.160. The van der Waals surface area contributed by atoms with E-state index in [0.717, 1.165) is 16.7 Å². The maximum Gasteiger partial charge on any atom is 0.260 e. The van der Waals surface area contributed by atoms with E-state index in [1.54, 1.807) is 35.5 Å². The van der Waals surface area contributed by atoms with E-state index in [2.05, 4.69) is 9.97 Å². The molecule has 31 heavy (non-hydrogen) atoms. The number of anilines is 1. The number of aromatic nitrogens is 2. The first-order valence-electron chi connectivity index (χ1n) is 9.61. The number of hydrogen-bond donors (Lipinski definition) is 0. The Kier molecular flexibility index (Phi) is 5.60. The Balaban J connectivity index is 1.82. The lowest BCUT2D eigenvalue weighted by Gasteiger charge is -2.21. The van der Waals surface area contributed by atoms with Crippen LogP contribution in [0.15, 0.2) is 65.8 Å². The second-order valence-electron chi connectivity index (χ2n) is 7.47. The summed E-state index contributed by atoms with van der Waals surface area (Å²) < 4.78 is 24.6. The van der Waals surface area contributed by atoms with Crippen molar-refractivity contribution in [2.24, 2.45) is 0 Å². The van der Waals surface area contributed by atoms with Gasteiger partial charge in [-0.1, -0.05) is 35.1 Å². The fraction of sp³-hybridized carbons (Fsp3) is 0.174. The first kappa shape index (κ1) is 21.1. The SMILES string of the molecule is Cc1ccc(C)c(C(=O)N(Cc2cccnc2)c2nc3ccc(S(C)(=O)=O)cc3s2)c1. The summed E-state index contributed by atoms with van der Waals surface area (Å²) in [6.07, 6.45) is 4.58. The molecule has 2 aromatic carbocycles. The Morgan fingerprint density at radius 3 is 2.61 bits per heavy atom. The van der Waals surface area contributed by atoms with E-state index >= 15 is 0 Å². The molecule has 0 atom stereocenters. The number of sulfone groups is 1. The molecule has 6 nitrogen and oxygen atoms in total. The number of pyridine rings is 1. The Morgan fingerprint density at radius 2 is 1.90 bits per heavy atom. The van der Waals surface area contributed by atoms with Gasteiger partial charge >= 0.3 is 0 Å². The Bertz CT molecular complexity index is 1380. The van der Waals surface area contributed by atoms with E-state index in [1.165, 1.54) is 17.6 Å². The lowest BCUT2D eigenvalue weighted by Crippen LogP contribution is -2.31. The average molecular weight is 452 g/mol. The zero-order chi connectivity index (χ0) is 22.2. The van der Waals surface area contributed by atoms with Crippen LogP contribution in [0.25, 0.3) is 10.2 Å². The molecule has 2 heterocycles. The number of amides is 1.